The standard InChI is InChI=1S/C12H13F2N3O/c1-7-12(15-6-10(18)11(13)14)17-9-5-3-2-4-8(9)16-7/h2-5,10-11,18H,6H2,1H3,(H,15,17). The van der Waals surface area contributed by atoms with Gasteiger partial charge in [0.15, 0.2) is 0 Å². The zero-order chi connectivity index (χ0) is 13.1. The van der Waals surface area contributed by atoms with Crippen molar-refractivity contribution in [3.8, 4) is 0 Å². The summed E-state index contributed by atoms with van der Waals surface area (Å²) in [6.45, 7) is 1.47. The summed E-state index contributed by atoms with van der Waals surface area (Å²) in [4.78, 5) is 8.58. The molecule has 6 heteroatoms. The smallest absolute Gasteiger partial charge is 0.265 e. The Labute approximate surface area is 103 Å². The quantitative estimate of drug-likeness (QED) is 0.874. The first-order valence-electron chi connectivity index (χ1n) is 5.51. The lowest BCUT2D eigenvalue weighted by Gasteiger charge is -2.12. The molecule has 96 valence electrons. The third kappa shape index (κ3) is 2.70. The number of rotatable bonds is 4. The summed E-state index contributed by atoms with van der Waals surface area (Å²) in [7, 11) is 0. The normalized spacial score (nSPS) is 12.9. The molecule has 0 saturated heterocycles. The van der Waals surface area contributed by atoms with E-state index >= 15 is 0 Å². The van der Waals surface area contributed by atoms with E-state index in [1.807, 2.05) is 18.2 Å². The van der Waals surface area contributed by atoms with Gasteiger partial charge >= 0.3 is 0 Å². The summed E-state index contributed by atoms with van der Waals surface area (Å²) in [6.07, 6.45) is -4.48. The van der Waals surface area contributed by atoms with E-state index in [9.17, 15) is 8.78 Å². The zero-order valence-electron chi connectivity index (χ0n) is 9.77. The number of aromatic nitrogens is 2. The van der Waals surface area contributed by atoms with Crippen LogP contribution in [0.5, 0.6) is 0 Å². The van der Waals surface area contributed by atoms with E-state index in [2.05, 4.69) is 15.3 Å². The monoisotopic (exact) mass is 253 g/mol. The molecule has 0 bridgehead atoms. The van der Waals surface area contributed by atoms with Crippen molar-refractivity contribution < 1.29 is 13.9 Å². The Bertz CT molecular complexity index is 548. The predicted octanol–water partition coefficient (Wildman–Crippen LogP) is 1.98. The third-order valence-corrected chi connectivity index (χ3v) is 2.51. The van der Waals surface area contributed by atoms with E-state index in [-0.39, 0.29) is 6.54 Å². The minimum Gasteiger partial charge on any atom is -0.385 e. The van der Waals surface area contributed by atoms with Crippen LogP contribution in [-0.4, -0.2) is 34.1 Å². The number of fused-ring (bicyclic) bond motifs is 1. The number of aryl methyl sites for hydroxylation is 1. The minimum atomic E-state index is -2.77. The fourth-order valence-electron chi connectivity index (χ4n) is 1.55. The number of anilines is 1. The van der Waals surface area contributed by atoms with Crippen LogP contribution >= 0.6 is 0 Å². The molecule has 1 unspecified atom stereocenters. The van der Waals surface area contributed by atoms with E-state index in [1.54, 1.807) is 13.0 Å². The van der Waals surface area contributed by atoms with Crippen molar-refractivity contribution in [1.82, 2.24) is 9.97 Å². The third-order valence-electron chi connectivity index (χ3n) is 2.51. The van der Waals surface area contributed by atoms with Crippen molar-refractivity contribution >= 4 is 16.9 Å². The highest BCUT2D eigenvalue weighted by molar-refractivity contribution is 5.76. The van der Waals surface area contributed by atoms with Gasteiger partial charge in [0.2, 0.25) is 0 Å². The lowest BCUT2D eigenvalue weighted by Crippen LogP contribution is -2.27. The molecule has 0 aliphatic rings. The molecule has 0 aliphatic heterocycles. The average molecular weight is 253 g/mol. The molecule has 0 aliphatic carbocycles. The summed E-state index contributed by atoms with van der Waals surface area (Å²) in [5.41, 5.74) is 2.03. The van der Waals surface area contributed by atoms with Crippen LogP contribution in [0.3, 0.4) is 0 Å². The Morgan fingerprint density at radius 2 is 1.83 bits per heavy atom. The van der Waals surface area contributed by atoms with Crippen LogP contribution in [0.25, 0.3) is 11.0 Å². The number of nitrogens with zero attached hydrogens (tertiary/aromatic N) is 2. The number of alkyl halides is 2. The van der Waals surface area contributed by atoms with Crippen molar-refractivity contribution in [3.05, 3.63) is 30.0 Å². The van der Waals surface area contributed by atoms with Crippen LogP contribution in [0, 0.1) is 6.92 Å². The fraction of sp³-hybridized carbons (Fsp3) is 0.333. The maximum Gasteiger partial charge on any atom is 0.265 e. The van der Waals surface area contributed by atoms with Gasteiger partial charge in [-0.1, -0.05) is 12.1 Å². The van der Waals surface area contributed by atoms with Gasteiger partial charge in [-0.25, -0.2) is 18.7 Å². The molecule has 0 saturated carbocycles. The van der Waals surface area contributed by atoms with Gasteiger partial charge in [0.05, 0.1) is 16.7 Å². The Morgan fingerprint density at radius 3 is 2.44 bits per heavy atom. The van der Waals surface area contributed by atoms with Crippen LogP contribution in [0.1, 0.15) is 5.69 Å². The molecule has 18 heavy (non-hydrogen) atoms. The number of nitrogens with one attached hydrogen (secondary N) is 1. The van der Waals surface area contributed by atoms with Crippen molar-refractivity contribution in [2.24, 2.45) is 0 Å². The largest absolute Gasteiger partial charge is 0.385 e. The van der Waals surface area contributed by atoms with Crippen LogP contribution in [0.4, 0.5) is 14.6 Å². The van der Waals surface area contributed by atoms with Gasteiger partial charge in [0.25, 0.3) is 6.43 Å². The number of aliphatic hydroxyl groups is 1. The van der Waals surface area contributed by atoms with Gasteiger partial charge in [-0.05, 0) is 19.1 Å². The van der Waals surface area contributed by atoms with E-state index in [1.165, 1.54) is 0 Å². The maximum atomic E-state index is 12.2. The Morgan fingerprint density at radius 1 is 1.22 bits per heavy atom. The van der Waals surface area contributed by atoms with Gasteiger partial charge in [0.1, 0.15) is 11.9 Å². The molecule has 1 atom stereocenters. The van der Waals surface area contributed by atoms with Gasteiger partial charge in [0, 0.05) is 6.54 Å². The summed E-state index contributed by atoms with van der Waals surface area (Å²) in [6, 6.07) is 7.29. The first-order valence-corrected chi connectivity index (χ1v) is 5.51. The topological polar surface area (TPSA) is 58.0 Å². The molecule has 0 fully saturated rings. The van der Waals surface area contributed by atoms with Gasteiger partial charge < -0.3 is 10.4 Å². The average Bonchev–Trinajstić information content (AvgIpc) is 2.35. The van der Waals surface area contributed by atoms with Crippen LogP contribution in [0.15, 0.2) is 24.3 Å². The highest BCUT2D eigenvalue weighted by Gasteiger charge is 2.17. The second-order valence-electron chi connectivity index (χ2n) is 3.93. The molecule has 1 aromatic heterocycles. The lowest BCUT2D eigenvalue weighted by molar-refractivity contribution is 0.00380. The van der Waals surface area contributed by atoms with Crippen molar-refractivity contribution in [2.45, 2.75) is 19.5 Å². The second kappa shape index (κ2) is 5.22. The van der Waals surface area contributed by atoms with Crippen molar-refractivity contribution in [2.75, 3.05) is 11.9 Å². The van der Waals surface area contributed by atoms with E-state index in [0.717, 1.165) is 5.52 Å². The van der Waals surface area contributed by atoms with Crippen molar-refractivity contribution in [3.63, 3.8) is 0 Å². The number of benzene rings is 1. The number of aliphatic hydroxyl groups excluding tert-OH is 1. The molecule has 1 heterocycles. The lowest BCUT2D eigenvalue weighted by atomic mass is 10.3. The number of hydrogen-bond donors (Lipinski definition) is 2. The molecule has 2 rings (SSSR count). The van der Waals surface area contributed by atoms with Crippen LogP contribution in [0.2, 0.25) is 0 Å². The first-order chi connectivity index (χ1) is 8.58. The molecule has 1 aromatic carbocycles. The van der Waals surface area contributed by atoms with Gasteiger partial charge in [-0.3, -0.25) is 0 Å². The summed E-state index contributed by atoms with van der Waals surface area (Å²) in [5.74, 6) is 0.411. The molecule has 0 spiro atoms. The first kappa shape index (κ1) is 12.6. The van der Waals surface area contributed by atoms with Crippen LogP contribution < -0.4 is 5.32 Å². The molecule has 0 amide bonds. The zero-order valence-corrected chi connectivity index (χ0v) is 9.77. The Kier molecular flexibility index (Phi) is 3.66. The number of hydrogen-bond acceptors (Lipinski definition) is 4. The predicted molar refractivity (Wildman–Crippen MR) is 64.8 cm³/mol. The second-order valence-corrected chi connectivity index (χ2v) is 3.93. The molecule has 2 aromatic rings. The molecular formula is C12H13F2N3O. The maximum absolute atomic E-state index is 12.2. The number of para-hydroxylation sites is 2. The Balaban J connectivity index is 2.20. The molecule has 2 N–H and O–H groups in total. The summed E-state index contributed by atoms with van der Waals surface area (Å²) in [5, 5.41) is 11.7. The molecule has 0 radical (unpaired) electrons. The highest BCUT2D eigenvalue weighted by Crippen LogP contribution is 2.16. The van der Waals surface area contributed by atoms with Gasteiger partial charge in [-0.15, -0.1) is 0 Å². The van der Waals surface area contributed by atoms with E-state index < -0.39 is 12.5 Å². The SMILES string of the molecule is Cc1nc2ccccc2nc1NCC(O)C(F)F. The highest BCUT2D eigenvalue weighted by atomic mass is 19.3. The summed E-state index contributed by atoms with van der Waals surface area (Å²) < 4.78 is 24.3. The fourth-order valence-corrected chi connectivity index (χ4v) is 1.55. The van der Waals surface area contributed by atoms with Crippen LogP contribution in [-0.2, 0) is 0 Å². The summed E-state index contributed by atoms with van der Waals surface area (Å²) >= 11 is 0. The van der Waals surface area contributed by atoms with Gasteiger partial charge in [-0.2, -0.15) is 0 Å². The van der Waals surface area contributed by atoms with Crippen molar-refractivity contribution in [1.29, 1.82) is 0 Å². The molecule has 4 nitrogen and oxygen atoms in total. The van der Waals surface area contributed by atoms with E-state index in [0.29, 0.717) is 17.0 Å². The Hall–Kier alpha value is -1.82. The molecular weight excluding hydrogens is 240 g/mol. The number of halogens is 2. The minimum absolute atomic E-state index is 0.258. The van der Waals surface area contributed by atoms with E-state index in [4.69, 9.17) is 5.11 Å².